The Labute approximate surface area is 218 Å². The first-order valence-corrected chi connectivity index (χ1v) is 13.0. The van der Waals surface area contributed by atoms with Crippen molar-refractivity contribution in [2.75, 3.05) is 7.11 Å². The molecule has 1 heterocycles. The van der Waals surface area contributed by atoms with Crippen LogP contribution in [0.4, 0.5) is 0 Å². The first-order chi connectivity index (χ1) is 17.9. The molecule has 1 aliphatic heterocycles. The Morgan fingerprint density at radius 2 is 1.76 bits per heavy atom. The predicted molar refractivity (Wildman–Crippen MR) is 146 cm³/mol. The Bertz CT molecular complexity index is 1400. The number of aliphatic imine (C=N–C) groups is 1. The number of fused-ring (bicyclic) bond motifs is 1. The number of ether oxygens (including phenoxy) is 2. The van der Waals surface area contributed by atoms with Gasteiger partial charge in [0.1, 0.15) is 11.7 Å². The third-order valence-corrected chi connectivity index (χ3v) is 7.78. The van der Waals surface area contributed by atoms with E-state index < -0.39 is 11.8 Å². The van der Waals surface area contributed by atoms with Crippen LogP contribution in [0.5, 0.6) is 5.75 Å². The number of rotatable bonds is 6. The molecule has 0 amide bonds. The zero-order valence-corrected chi connectivity index (χ0v) is 21.9. The lowest BCUT2D eigenvalue weighted by atomic mass is 9.68. The molecule has 3 aromatic carbocycles. The van der Waals surface area contributed by atoms with Gasteiger partial charge in [0.2, 0.25) is 0 Å². The van der Waals surface area contributed by atoms with E-state index in [4.69, 9.17) is 14.5 Å². The zero-order chi connectivity index (χ0) is 26.1. The van der Waals surface area contributed by atoms with Crippen molar-refractivity contribution in [3.05, 3.63) is 89.1 Å². The van der Waals surface area contributed by atoms with Gasteiger partial charge in [-0.15, -0.1) is 0 Å². The second-order valence-corrected chi connectivity index (χ2v) is 10.1. The molecule has 2 aliphatic rings. The third kappa shape index (κ3) is 4.71. The van der Waals surface area contributed by atoms with Gasteiger partial charge in [-0.25, -0.2) is 0 Å². The van der Waals surface area contributed by atoms with Gasteiger partial charge in [0.25, 0.3) is 0 Å². The standard InChI is InChI=1S/C32H33NO4/c1-5-19(2)37-32(35)29-20(3)33-27-17-23(21-13-15-24(36-4)16-14-21)18-28(34)31(27)30(29)26-12-8-10-22-9-6-7-11-25(22)26/h6-16,19,23,29-30H,5,17-18H2,1-4H3/t19-,23-,29?,30-/m1/s1. The number of allylic oxidation sites excluding steroid dienone is 2. The van der Waals surface area contributed by atoms with Crippen LogP contribution in [0.3, 0.4) is 0 Å². The molecule has 5 rings (SSSR count). The summed E-state index contributed by atoms with van der Waals surface area (Å²) in [6, 6.07) is 22.1. The average molecular weight is 496 g/mol. The molecule has 0 spiro atoms. The first kappa shape index (κ1) is 24.9. The van der Waals surface area contributed by atoms with Crippen molar-refractivity contribution in [2.24, 2.45) is 10.9 Å². The van der Waals surface area contributed by atoms with Gasteiger partial charge < -0.3 is 9.47 Å². The maximum Gasteiger partial charge on any atom is 0.315 e. The lowest BCUT2D eigenvalue weighted by molar-refractivity contribution is -0.151. The summed E-state index contributed by atoms with van der Waals surface area (Å²) >= 11 is 0. The molecular weight excluding hydrogens is 462 g/mol. The Balaban J connectivity index is 1.62. The number of benzene rings is 3. The van der Waals surface area contributed by atoms with Gasteiger partial charge in [0.05, 0.1) is 13.2 Å². The highest BCUT2D eigenvalue weighted by molar-refractivity contribution is 6.10. The van der Waals surface area contributed by atoms with Crippen LogP contribution in [0.1, 0.15) is 63.0 Å². The van der Waals surface area contributed by atoms with E-state index in [2.05, 4.69) is 18.2 Å². The summed E-state index contributed by atoms with van der Waals surface area (Å²) in [5, 5.41) is 2.12. The second kappa shape index (κ2) is 10.3. The van der Waals surface area contributed by atoms with E-state index >= 15 is 0 Å². The maximum atomic E-state index is 13.9. The van der Waals surface area contributed by atoms with E-state index in [1.807, 2.05) is 69.3 Å². The second-order valence-electron chi connectivity index (χ2n) is 10.1. The molecule has 0 saturated carbocycles. The summed E-state index contributed by atoms with van der Waals surface area (Å²) in [5.74, 6) is -0.510. The van der Waals surface area contributed by atoms with Crippen molar-refractivity contribution in [1.29, 1.82) is 0 Å². The summed E-state index contributed by atoms with van der Waals surface area (Å²) in [4.78, 5) is 32.4. The number of esters is 1. The van der Waals surface area contributed by atoms with Crippen LogP contribution in [-0.4, -0.2) is 30.7 Å². The average Bonchev–Trinajstić information content (AvgIpc) is 2.91. The van der Waals surface area contributed by atoms with Crippen molar-refractivity contribution < 1.29 is 19.1 Å². The first-order valence-electron chi connectivity index (χ1n) is 13.0. The molecule has 0 N–H and O–H groups in total. The zero-order valence-electron chi connectivity index (χ0n) is 21.9. The smallest absolute Gasteiger partial charge is 0.315 e. The minimum absolute atomic E-state index is 0.0329. The van der Waals surface area contributed by atoms with Crippen molar-refractivity contribution in [1.82, 2.24) is 0 Å². The highest BCUT2D eigenvalue weighted by atomic mass is 16.5. The summed E-state index contributed by atoms with van der Waals surface area (Å²) in [6.07, 6.45) is 1.56. The maximum absolute atomic E-state index is 13.9. The highest BCUT2D eigenvalue weighted by Gasteiger charge is 2.45. The van der Waals surface area contributed by atoms with Gasteiger partial charge in [-0.1, -0.05) is 61.5 Å². The van der Waals surface area contributed by atoms with Crippen LogP contribution in [0.25, 0.3) is 10.8 Å². The van der Waals surface area contributed by atoms with E-state index in [1.165, 1.54) is 0 Å². The molecule has 0 saturated heterocycles. The molecule has 5 heteroatoms. The van der Waals surface area contributed by atoms with Crippen LogP contribution < -0.4 is 4.74 Å². The fourth-order valence-electron chi connectivity index (χ4n) is 5.69. The highest BCUT2D eigenvalue weighted by Crippen LogP contribution is 2.48. The summed E-state index contributed by atoms with van der Waals surface area (Å²) in [5.41, 5.74) is 4.22. The Morgan fingerprint density at radius 1 is 1.03 bits per heavy atom. The van der Waals surface area contributed by atoms with E-state index in [0.717, 1.165) is 39.8 Å². The van der Waals surface area contributed by atoms with Crippen molar-refractivity contribution in [3.63, 3.8) is 0 Å². The molecule has 3 aromatic rings. The van der Waals surface area contributed by atoms with Crippen LogP contribution in [0.15, 0.2) is 83.0 Å². The number of carbonyl (C=O) groups is 2. The minimum atomic E-state index is -0.639. The summed E-state index contributed by atoms with van der Waals surface area (Å²) in [7, 11) is 1.64. The quantitative estimate of drug-likeness (QED) is 0.354. The predicted octanol–water partition coefficient (Wildman–Crippen LogP) is 6.77. The Kier molecular flexibility index (Phi) is 6.96. The van der Waals surface area contributed by atoms with Gasteiger partial charge in [-0.3, -0.25) is 14.6 Å². The van der Waals surface area contributed by atoms with Crippen LogP contribution >= 0.6 is 0 Å². The SMILES string of the molecule is CC[C@@H](C)OC(=O)C1C(C)=NC2=C(C(=O)C[C@H](c3ccc(OC)cc3)C2)[C@@H]1c1cccc2ccccc12. The molecule has 0 bridgehead atoms. The lowest BCUT2D eigenvalue weighted by Crippen LogP contribution is -2.39. The van der Waals surface area contributed by atoms with Gasteiger partial charge in [-0.2, -0.15) is 0 Å². The number of hydrogen-bond donors (Lipinski definition) is 0. The molecule has 37 heavy (non-hydrogen) atoms. The van der Waals surface area contributed by atoms with E-state index in [9.17, 15) is 9.59 Å². The molecule has 190 valence electrons. The number of nitrogens with zero attached hydrogens (tertiary/aromatic N) is 1. The fraction of sp³-hybridized carbons (Fsp3) is 0.344. The minimum Gasteiger partial charge on any atom is -0.497 e. The van der Waals surface area contributed by atoms with Crippen molar-refractivity contribution in [3.8, 4) is 5.75 Å². The normalized spacial score (nSPS) is 22.3. The monoisotopic (exact) mass is 495 g/mol. The van der Waals surface area contributed by atoms with Gasteiger partial charge in [-0.05, 0) is 66.6 Å². The molecule has 1 aliphatic carbocycles. The largest absolute Gasteiger partial charge is 0.497 e. The number of Topliss-reactive ketones (excluding diaryl/α,β-unsaturated/α-hetero) is 1. The molecule has 1 unspecified atom stereocenters. The number of ketones is 1. The molecular formula is C32H33NO4. The molecule has 5 nitrogen and oxygen atoms in total. The van der Waals surface area contributed by atoms with Crippen LogP contribution in [-0.2, 0) is 14.3 Å². The summed E-state index contributed by atoms with van der Waals surface area (Å²) in [6.45, 7) is 5.79. The topological polar surface area (TPSA) is 65.0 Å². The fourth-order valence-corrected chi connectivity index (χ4v) is 5.69. The lowest BCUT2D eigenvalue weighted by Gasteiger charge is -2.37. The van der Waals surface area contributed by atoms with Crippen LogP contribution in [0, 0.1) is 5.92 Å². The summed E-state index contributed by atoms with van der Waals surface area (Å²) < 4.78 is 11.1. The van der Waals surface area contributed by atoms with Gasteiger partial charge in [0, 0.05) is 29.3 Å². The third-order valence-electron chi connectivity index (χ3n) is 7.78. The van der Waals surface area contributed by atoms with Crippen molar-refractivity contribution in [2.45, 2.75) is 58.0 Å². The van der Waals surface area contributed by atoms with Crippen LogP contribution in [0.2, 0.25) is 0 Å². The van der Waals surface area contributed by atoms with Gasteiger partial charge >= 0.3 is 5.97 Å². The molecule has 0 radical (unpaired) electrons. The Morgan fingerprint density at radius 3 is 2.49 bits per heavy atom. The molecule has 0 fully saturated rings. The van der Waals surface area contributed by atoms with Crippen molar-refractivity contribution >= 4 is 28.2 Å². The molecule has 0 aromatic heterocycles. The van der Waals surface area contributed by atoms with E-state index in [0.29, 0.717) is 24.1 Å². The van der Waals surface area contributed by atoms with E-state index in [-0.39, 0.29) is 23.8 Å². The number of methoxy groups -OCH3 is 1. The van der Waals surface area contributed by atoms with E-state index in [1.54, 1.807) is 7.11 Å². The molecule has 4 atom stereocenters. The van der Waals surface area contributed by atoms with Gasteiger partial charge in [0.15, 0.2) is 5.78 Å². The number of hydrogen-bond acceptors (Lipinski definition) is 5. The number of carbonyl (C=O) groups excluding carboxylic acids is 2. The Hall–Kier alpha value is -3.73.